The van der Waals surface area contributed by atoms with Crippen LogP contribution in [-0.4, -0.2) is 44.3 Å². The topological polar surface area (TPSA) is 38.5 Å². The van der Waals surface area contributed by atoms with Crippen LogP contribution >= 0.6 is 0 Å². The highest BCUT2D eigenvalue weighted by molar-refractivity contribution is 5.03. The van der Waals surface area contributed by atoms with Gasteiger partial charge in [0.05, 0.1) is 13.2 Å². The van der Waals surface area contributed by atoms with Crippen molar-refractivity contribution < 1.29 is 4.74 Å². The second-order valence-corrected chi connectivity index (χ2v) is 6.23. The number of piperidine rings is 1. The zero-order chi connectivity index (χ0) is 11.2. The monoisotopic (exact) mass is 224 g/mol. The van der Waals surface area contributed by atoms with Gasteiger partial charge in [0.1, 0.15) is 0 Å². The van der Waals surface area contributed by atoms with Crippen molar-refractivity contribution in [2.75, 3.05) is 33.4 Å². The lowest BCUT2D eigenvalue weighted by atomic mass is 9.55. The molecule has 3 rings (SSSR count). The first kappa shape index (κ1) is 11.0. The normalized spacial score (nSPS) is 40.1. The summed E-state index contributed by atoms with van der Waals surface area (Å²) in [4.78, 5) is 2.45. The number of hydrogen-bond donors (Lipinski definition) is 1. The fraction of sp³-hybridized carbons (Fsp3) is 1.00. The number of nitrogens with zero attached hydrogens (tertiary/aromatic N) is 1. The molecule has 0 aromatic carbocycles. The highest BCUT2D eigenvalue weighted by atomic mass is 16.5. The summed E-state index contributed by atoms with van der Waals surface area (Å²) in [5.41, 5.74) is 6.47. The third-order valence-electron chi connectivity index (χ3n) is 5.26. The van der Waals surface area contributed by atoms with E-state index in [0.29, 0.717) is 11.5 Å². The maximum Gasteiger partial charge on any atom is 0.0550 e. The molecule has 0 aromatic rings. The van der Waals surface area contributed by atoms with Crippen LogP contribution in [0.5, 0.6) is 0 Å². The molecule has 2 aliphatic heterocycles. The first-order valence-electron chi connectivity index (χ1n) is 6.72. The van der Waals surface area contributed by atoms with Crippen molar-refractivity contribution in [3.63, 3.8) is 0 Å². The summed E-state index contributed by atoms with van der Waals surface area (Å²) < 4.78 is 5.56. The number of nitrogens with two attached hydrogens (primary N) is 1. The number of rotatable bonds is 2. The van der Waals surface area contributed by atoms with Gasteiger partial charge in [-0.05, 0) is 57.7 Å². The molecule has 16 heavy (non-hydrogen) atoms. The minimum atomic E-state index is 0.480. The Labute approximate surface area is 98.3 Å². The Kier molecular flexibility index (Phi) is 2.73. The van der Waals surface area contributed by atoms with Crippen molar-refractivity contribution in [1.29, 1.82) is 0 Å². The van der Waals surface area contributed by atoms with E-state index in [9.17, 15) is 0 Å². The SMILES string of the molecule is CN1CCC(C2(C3CC(N)C3)COC2)CC1. The van der Waals surface area contributed by atoms with Gasteiger partial charge >= 0.3 is 0 Å². The summed E-state index contributed by atoms with van der Waals surface area (Å²) in [5, 5.41) is 0. The molecular weight excluding hydrogens is 200 g/mol. The van der Waals surface area contributed by atoms with Crippen molar-refractivity contribution in [3.8, 4) is 0 Å². The summed E-state index contributed by atoms with van der Waals surface area (Å²) in [6, 6.07) is 0.480. The molecule has 0 spiro atoms. The Bertz CT molecular complexity index is 251. The first-order valence-corrected chi connectivity index (χ1v) is 6.72. The quantitative estimate of drug-likeness (QED) is 0.763. The molecule has 2 N–H and O–H groups in total. The molecule has 0 unspecified atom stereocenters. The minimum Gasteiger partial charge on any atom is -0.380 e. The Morgan fingerprint density at radius 3 is 2.19 bits per heavy atom. The molecular formula is C13H24N2O. The predicted octanol–water partition coefficient (Wildman–Crippen LogP) is 1.08. The summed E-state index contributed by atoms with van der Waals surface area (Å²) in [6.45, 7) is 4.56. The fourth-order valence-electron chi connectivity index (χ4n) is 3.86. The summed E-state index contributed by atoms with van der Waals surface area (Å²) in [5.74, 6) is 1.76. The molecule has 0 amide bonds. The van der Waals surface area contributed by atoms with Crippen LogP contribution in [0.3, 0.4) is 0 Å². The van der Waals surface area contributed by atoms with Crippen molar-refractivity contribution in [3.05, 3.63) is 0 Å². The molecule has 3 aliphatic rings. The van der Waals surface area contributed by atoms with Crippen LogP contribution in [0.1, 0.15) is 25.7 Å². The average Bonchev–Trinajstić information content (AvgIpc) is 2.16. The first-order chi connectivity index (χ1) is 7.71. The maximum atomic E-state index is 5.95. The molecule has 3 fully saturated rings. The van der Waals surface area contributed by atoms with Crippen molar-refractivity contribution in [1.82, 2.24) is 4.90 Å². The van der Waals surface area contributed by atoms with Crippen LogP contribution < -0.4 is 5.73 Å². The van der Waals surface area contributed by atoms with Crippen LogP contribution in [0.15, 0.2) is 0 Å². The minimum absolute atomic E-state index is 0.480. The van der Waals surface area contributed by atoms with Gasteiger partial charge < -0.3 is 15.4 Å². The number of likely N-dealkylation sites (tertiary alicyclic amines) is 1. The van der Waals surface area contributed by atoms with Crippen LogP contribution in [-0.2, 0) is 4.74 Å². The Balaban J connectivity index is 1.66. The predicted molar refractivity (Wildman–Crippen MR) is 64.2 cm³/mol. The van der Waals surface area contributed by atoms with Gasteiger partial charge in [0.2, 0.25) is 0 Å². The second-order valence-electron chi connectivity index (χ2n) is 6.23. The van der Waals surface area contributed by atoms with E-state index in [1.807, 2.05) is 0 Å². The van der Waals surface area contributed by atoms with E-state index in [1.54, 1.807) is 0 Å². The molecule has 1 saturated carbocycles. The van der Waals surface area contributed by atoms with Crippen molar-refractivity contribution >= 4 is 0 Å². The Morgan fingerprint density at radius 1 is 1.12 bits per heavy atom. The molecule has 3 nitrogen and oxygen atoms in total. The van der Waals surface area contributed by atoms with Crippen LogP contribution in [0.25, 0.3) is 0 Å². The maximum absolute atomic E-state index is 5.95. The third-order valence-corrected chi connectivity index (χ3v) is 5.26. The zero-order valence-corrected chi connectivity index (χ0v) is 10.3. The van der Waals surface area contributed by atoms with Gasteiger partial charge in [0.15, 0.2) is 0 Å². The van der Waals surface area contributed by atoms with E-state index in [2.05, 4.69) is 11.9 Å². The van der Waals surface area contributed by atoms with Gasteiger partial charge in [-0.25, -0.2) is 0 Å². The van der Waals surface area contributed by atoms with Crippen LogP contribution in [0.4, 0.5) is 0 Å². The largest absolute Gasteiger partial charge is 0.380 e. The standard InChI is InChI=1S/C13H24N2O/c1-15-4-2-10(3-5-15)13(8-16-9-13)11-6-12(14)7-11/h10-12H,2-9,14H2,1H3. The summed E-state index contributed by atoms with van der Waals surface area (Å²) in [7, 11) is 2.24. The highest BCUT2D eigenvalue weighted by Gasteiger charge is 2.54. The van der Waals surface area contributed by atoms with E-state index in [1.165, 1.54) is 38.8 Å². The lowest BCUT2D eigenvalue weighted by molar-refractivity contribution is -0.203. The van der Waals surface area contributed by atoms with Crippen molar-refractivity contribution in [2.45, 2.75) is 31.7 Å². The Morgan fingerprint density at radius 2 is 1.75 bits per heavy atom. The van der Waals surface area contributed by atoms with E-state index >= 15 is 0 Å². The van der Waals surface area contributed by atoms with Crippen LogP contribution in [0, 0.1) is 17.3 Å². The van der Waals surface area contributed by atoms with Gasteiger partial charge in [0, 0.05) is 11.5 Å². The number of ether oxygens (including phenoxy) is 1. The van der Waals surface area contributed by atoms with E-state index < -0.39 is 0 Å². The average molecular weight is 224 g/mol. The lowest BCUT2D eigenvalue weighted by Crippen LogP contribution is -2.60. The van der Waals surface area contributed by atoms with Crippen molar-refractivity contribution in [2.24, 2.45) is 23.0 Å². The number of hydrogen-bond acceptors (Lipinski definition) is 3. The molecule has 0 atom stereocenters. The smallest absolute Gasteiger partial charge is 0.0550 e. The molecule has 1 aliphatic carbocycles. The Hall–Kier alpha value is -0.120. The van der Waals surface area contributed by atoms with Gasteiger partial charge in [0.25, 0.3) is 0 Å². The molecule has 0 bridgehead atoms. The van der Waals surface area contributed by atoms with Gasteiger partial charge in [-0.15, -0.1) is 0 Å². The third kappa shape index (κ3) is 1.60. The van der Waals surface area contributed by atoms with E-state index in [-0.39, 0.29) is 0 Å². The zero-order valence-electron chi connectivity index (χ0n) is 10.3. The van der Waals surface area contributed by atoms with E-state index in [0.717, 1.165) is 25.0 Å². The molecule has 2 heterocycles. The molecule has 92 valence electrons. The lowest BCUT2D eigenvalue weighted by Gasteiger charge is -2.58. The van der Waals surface area contributed by atoms with Gasteiger partial charge in [-0.1, -0.05) is 0 Å². The fourth-order valence-corrected chi connectivity index (χ4v) is 3.86. The van der Waals surface area contributed by atoms with E-state index in [4.69, 9.17) is 10.5 Å². The highest BCUT2D eigenvalue weighted by Crippen LogP contribution is 2.53. The van der Waals surface area contributed by atoms with Gasteiger partial charge in [-0.2, -0.15) is 0 Å². The molecule has 0 aromatic heterocycles. The summed E-state index contributed by atoms with van der Waals surface area (Å²) in [6.07, 6.45) is 5.22. The molecule has 0 radical (unpaired) electrons. The summed E-state index contributed by atoms with van der Waals surface area (Å²) >= 11 is 0. The van der Waals surface area contributed by atoms with Crippen LogP contribution in [0.2, 0.25) is 0 Å². The molecule has 2 saturated heterocycles. The van der Waals surface area contributed by atoms with Gasteiger partial charge in [-0.3, -0.25) is 0 Å². The molecule has 3 heteroatoms. The second kappa shape index (κ2) is 3.97.